The predicted octanol–water partition coefficient (Wildman–Crippen LogP) is 1.53. The van der Waals surface area contributed by atoms with Crippen molar-refractivity contribution in [3.05, 3.63) is 39.9 Å². The van der Waals surface area contributed by atoms with Crippen LogP contribution in [0.25, 0.3) is 0 Å². The van der Waals surface area contributed by atoms with E-state index < -0.39 is 22.8 Å². The Morgan fingerprint density at radius 3 is 2.26 bits per heavy atom. The largest absolute Gasteiger partial charge is 0.480 e. The average molecular weight is 266 g/mol. The fourth-order valence-electron chi connectivity index (χ4n) is 1.69. The van der Waals surface area contributed by atoms with E-state index in [2.05, 4.69) is 0 Å². The molecule has 0 spiro atoms. The molecule has 1 unspecified atom stereocenters. The highest BCUT2D eigenvalue weighted by Gasteiger charge is 2.25. The monoisotopic (exact) mass is 266 g/mol. The van der Waals surface area contributed by atoms with Gasteiger partial charge in [-0.05, 0) is 18.6 Å². The molecule has 7 heteroatoms. The van der Waals surface area contributed by atoms with Crippen molar-refractivity contribution in [2.24, 2.45) is 0 Å². The summed E-state index contributed by atoms with van der Waals surface area (Å²) >= 11 is 0. The van der Waals surface area contributed by atoms with Crippen molar-refractivity contribution in [2.75, 3.05) is 7.05 Å². The van der Waals surface area contributed by atoms with E-state index in [-0.39, 0.29) is 17.7 Å². The molecule has 7 nitrogen and oxygen atoms in total. The molecule has 0 saturated heterocycles. The van der Waals surface area contributed by atoms with Gasteiger partial charge in [0.25, 0.3) is 11.6 Å². The number of carboxylic acids is 1. The molecule has 0 radical (unpaired) electrons. The number of carbonyl (C=O) groups excluding carboxylic acids is 1. The van der Waals surface area contributed by atoms with Crippen molar-refractivity contribution in [3.63, 3.8) is 0 Å². The minimum absolute atomic E-state index is 0.121. The van der Waals surface area contributed by atoms with E-state index in [1.165, 1.54) is 31.3 Å². The molecule has 19 heavy (non-hydrogen) atoms. The SMILES string of the molecule is CCC(C(=O)O)N(C)C(=O)c1ccc([N+](=O)[O-])cc1. The highest BCUT2D eigenvalue weighted by molar-refractivity contribution is 5.96. The summed E-state index contributed by atoms with van der Waals surface area (Å²) in [6, 6.07) is 4.13. The molecule has 0 aliphatic carbocycles. The van der Waals surface area contributed by atoms with Crippen LogP contribution in [-0.2, 0) is 4.79 Å². The molecular weight excluding hydrogens is 252 g/mol. The Morgan fingerprint density at radius 1 is 1.37 bits per heavy atom. The third-order valence-corrected chi connectivity index (χ3v) is 2.78. The van der Waals surface area contributed by atoms with Gasteiger partial charge in [-0.25, -0.2) is 4.79 Å². The highest BCUT2D eigenvalue weighted by Crippen LogP contribution is 2.14. The standard InChI is InChI=1S/C12H14N2O5/c1-3-10(12(16)17)13(2)11(15)8-4-6-9(7-5-8)14(18)19/h4-7,10H,3H2,1-2H3,(H,16,17). The van der Waals surface area contributed by atoms with Gasteiger partial charge in [-0.1, -0.05) is 6.92 Å². The van der Waals surface area contributed by atoms with E-state index >= 15 is 0 Å². The number of likely N-dealkylation sites (N-methyl/N-ethyl adjacent to an activating group) is 1. The third-order valence-electron chi connectivity index (χ3n) is 2.78. The minimum Gasteiger partial charge on any atom is -0.480 e. The number of non-ortho nitro benzene ring substituents is 1. The molecule has 102 valence electrons. The van der Waals surface area contributed by atoms with Crippen LogP contribution in [0.1, 0.15) is 23.7 Å². The van der Waals surface area contributed by atoms with Crippen LogP contribution in [0.15, 0.2) is 24.3 Å². The number of aliphatic carboxylic acids is 1. The number of carbonyl (C=O) groups is 2. The Hall–Kier alpha value is -2.44. The average Bonchev–Trinajstić information content (AvgIpc) is 2.38. The number of rotatable bonds is 5. The number of nitro benzene ring substituents is 1. The number of nitro groups is 1. The van der Waals surface area contributed by atoms with Crippen LogP contribution in [0.4, 0.5) is 5.69 Å². The van der Waals surface area contributed by atoms with Gasteiger partial charge in [-0.15, -0.1) is 0 Å². The second-order valence-electron chi connectivity index (χ2n) is 3.98. The van der Waals surface area contributed by atoms with Crippen molar-refractivity contribution in [3.8, 4) is 0 Å². The Morgan fingerprint density at radius 2 is 1.89 bits per heavy atom. The van der Waals surface area contributed by atoms with Gasteiger partial charge in [0.15, 0.2) is 0 Å². The fourth-order valence-corrected chi connectivity index (χ4v) is 1.69. The Kier molecular flexibility index (Phi) is 4.57. The molecule has 1 aromatic rings. The lowest BCUT2D eigenvalue weighted by Crippen LogP contribution is -2.41. The van der Waals surface area contributed by atoms with Crippen molar-refractivity contribution in [2.45, 2.75) is 19.4 Å². The van der Waals surface area contributed by atoms with E-state index in [1.807, 2.05) is 0 Å². The topological polar surface area (TPSA) is 101 Å². The first-order valence-electron chi connectivity index (χ1n) is 5.63. The van der Waals surface area contributed by atoms with Crippen LogP contribution >= 0.6 is 0 Å². The quantitative estimate of drug-likeness (QED) is 0.643. The van der Waals surface area contributed by atoms with Crippen molar-refractivity contribution in [1.29, 1.82) is 0 Å². The number of benzene rings is 1. The summed E-state index contributed by atoms with van der Waals surface area (Å²) in [7, 11) is 1.39. The van der Waals surface area contributed by atoms with Gasteiger partial charge in [0.05, 0.1) is 4.92 Å². The summed E-state index contributed by atoms with van der Waals surface area (Å²) in [5, 5.41) is 19.5. The first-order valence-corrected chi connectivity index (χ1v) is 5.63. The highest BCUT2D eigenvalue weighted by atomic mass is 16.6. The molecular formula is C12H14N2O5. The number of amides is 1. The van der Waals surface area contributed by atoms with Crippen molar-refractivity contribution >= 4 is 17.6 Å². The molecule has 0 aromatic heterocycles. The first-order chi connectivity index (χ1) is 8.88. The summed E-state index contributed by atoms with van der Waals surface area (Å²) in [5.74, 6) is -1.57. The van der Waals surface area contributed by atoms with Crippen LogP contribution < -0.4 is 0 Å². The zero-order valence-corrected chi connectivity index (χ0v) is 10.6. The van der Waals surface area contributed by atoms with E-state index in [0.717, 1.165) is 4.90 Å². The summed E-state index contributed by atoms with van der Waals surface area (Å²) in [5.41, 5.74) is 0.0947. The predicted molar refractivity (Wildman–Crippen MR) is 66.9 cm³/mol. The molecule has 1 N–H and O–H groups in total. The van der Waals surface area contributed by atoms with Crippen LogP contribution in [0.3, 0.4) is 0 Å². The van der Waals surface area contributed by atoms with E-state index in [9.17, 15) is 19.7 Å². The number of carboxylic acid groups (broad SMARTS) is 1. The van der Waals surface area contributed by atoms with Crippen LogP contribution in [0, 0.1) is 10.1 Å². The lowest BCUT2D eigenvalue weighted by molar-refractivity contribution is -0.384. The summed E-state index contributed by atoms with van der Waals surface area (Å²) in [6.07, 6.45) is 0.282. The Balaban J connectivity index is 2.93. The van der Waals surface area contributed by atoms with Gasteiger partial charge in [-0.3, -0.25) is 14.9 Å². The maximum absolute atomic E-state index is 12.0. The second-order valence-corrected chi connectivity index (χ2v) is 3.98. The molecule has 1 aromatic carbocycles. The fraction of sp³-hybridized carbons (Fsp3) is 0.333. The zero-order valence-electron chi connectivity index (χ0n) is 10.6. The molecule has 0 saturated carbocycles. The van der Waals surface area contributed by atoms with E-state index in [0.29, 0.717) is 0 Å². The number of hydrogen-bond acceptors (Lipinski definition) is 4. The zero-order chi connectivity index (χ0) is 14.6. The van der Waals surface area contributed by atoms with Gasteiger partial charge in [0.1, 0.15) is 6.04 Å². The molecule has 0 aliphatic heterocycles. The van der Waals surface area contributed by atoms with E-state index in [4.69, 9.17) is 5.11 Å². The summed E-state index contributed by atoms with van der Waals surface area (Å²) < 4.78 is 0. The smallest absolute Gasteiger partial charge is 0.326 e. The van der Waals surface area contributed by atoms with Gasteiger partial charge in [0, 0.05) is 24.7 Å². The Labute approximate surface area is 109 Å². The number of hydrogen-bond donors (Lipinski definition) is 1. The summed E-state index contributed by atoms with van der Waals surface area (Å²) in [6.45, 7) is 1.67. The molecule has 1 amide bonds. The van der Waals surface area contributed by atoms with Crippen LogP contribution in [-0.4, -0.2) is 39.9 Å². The normalized spacial score (nSPS) is 11.7. The summed E-state index contributed by atoms with van der Waals surface area (Å²) in [4.78, 5) is 34.0. The third kappa shape index (κ3) is 3.27. The molecule has 0 bridgehead atoms. The lowest BCUT2D eigenvalue weighted by atomic mass is 10.1. The number of nitrogens with zero attached hydrogens (tertiary/aromatic N) is 2. The Bertz CT molecular complexity index is 497. The maximum Gasteiger partial charge on any atom is 0.326 e. The maximum atomic E-state index is 12.0. The molecule has 1 rings (SSSR count). The second kappa shape index (κ2) is 5.94. The van der Waals surface area contributed by atoms with Crippen molar-refractivity contribution in [1.82, 2.24) is 4.90 Å². The molecule has 0 aliphatic rings. The molecule has 0 heterocycles. The van der Waals surface area contributed by atoms with Gasteiger partial charge in [-0.2, -0.15) is 0 Å². The van der Waals surface area contributed by atoms with Gasteiger partial charge < -0.3 is 10.0 Å². The van der Waals surface area contributed by atoms with Crippen LogP contribution in [0.2, 0.25) is 0 Å². The van der Waals surface area contributed by atoms with Gasteiger partial charge in [0.2, 0.25) is 0 Å². The van der Waals surface area contributed by atoms with Gasteiger partial charge >= 0.3 is 5.97 Å². The lowest BCUT2D eigenvalue weighted by Gasteiger charge is -2.23. The van der Waals surface area contributed by atoms with Crippen LogP contribution in [0.5, 0.6) is 0 Å². The molecule has 0 fully saturated rings. The molecule has 1 atom stereocenters. The van der Waals surface area contributed by atoms with E-state index in [1.54, 1.807) is 6.92 Å². The minimum atomic E-state index is -1.08. The first kappa shape index (κ1) is 14.6. The van der Waals surface area contributed by atoms with Crippen molar-refractivity contribution < 1.29 is 19.6 Å².